The SMILES string of the molecule is O=c1[nH]cnc2c1ncn2[C@]1(Cc2ccccc2)O[C@H](CO)C(O)(O)[C@]1(S)[N+](=O)[O-]. The Morgan fingerprint density at radius 3 is 2.63 bits per heavy atom. The van der Waals surface area contributed by atoms with Gasteiger partial charge in [0, 0.05) is 11.3 Å². The number of nitro groups is 1. The summed E-state index contributed by atoms with van der Waals surface area (Å²) in [5.74, 6) is -3.19. The number of hydrogen-bond acceptors (Lipinski definition) is 10. The zero-order valence-corrected chi connectivity index (χ0v) is 16.1. The Morgan fingerprint density at radius 2 is 2.00 bits per heavy atom. The molecular formula is C17H17N5O7S. The van der Waals surface area contributed by atoms with Crippen molar-refractivity contribution in [2.45, 2.75) is 28.9 Å². The number of nitrogens with zero attached hydrogens (tertiary/aromatic N) is 4. The third-order valence-electron chi connectivity index (χ3n) is 5.29. The Morgan fingerprint density at radius 1 is 1.30 bits per heavy atom. The summed E-state index contributed by atoms with van der Waals surface area (Å²) < 4.78 is 6.87. The molecule has 4 rings (SSSR count). The summed E-state index contributed by atoms with van der Waals surface area (Å²) in [5.41, 5.74) is -2.53. The highest BCUT2D eigenvalue weighted by Gasteiger charge is 2.82. The minimum atomic E-state index is -3.19. The fourth-order valence-corrected chi connectivity index (χ4v) is 4.19. The summed E-state index contributed by atoms with van der Waals surface area (Å²) in [6.07, 6.45) is 0.0934. The van der Waals surface area contributed by atoms with Crippen molar-refractivity contribution in [2.75, 3.05) is 6.61 Å². The van der Waals surface area contributed by atoms with Gasteiger partial charge in [-0.1, -0.05) is 43.0 Å². The monoisotopic (exact) mass is 435 g/mol. The van der Waals surface area contributed by atoms with Gasteiger partial charge in [0.25, 0.3) is 11.3 Å². The Kier molecular flexibility index (Phi) is 4.67. The molecule has 0 bridgehead atoms. The van der Waals surface area contributed by atoms with Crippen LogP contribution in [0.1, 0.15) is 5.56 Å². The van der Waals surface area contributed by atoms with Crippen LogP contribution in [0.4, 0.5) is 0 Å². The van der Waals surface area contributed by atoms with Crippen molar-refractivity contribution in [2.24, 2.45) is 0 Å². The van der Waals surface area contributed by atoms with Gasteiger partial charge in [0.2, 0.25) is 5.72 Å². The van der Waals surface area contributed by atoms with Gasteiger partial charge in [-0.3, -0.25) is 19.5 Å². The van der Waals surface area contributed by atoms with E-state index < -0.39 is 39.6 Å². The van der Waals surface area contributed by atoms with E-state index in [4.69, 9.17) is 4.74 Å². The molecule has 1 aliphatic rings. The van der Waals surface area contributed by atoms with Gasteiger partial charge >= 0.3 is 4.87 Å². The number of thiol groups is 1. The van der Waals surface area contributed by atoms with Crippen LogP contribution in [0, 0.1) is 10.1 Å². The van der Waals surface area contributed by atoms with Crippen LogP contribution in [-0.2, 0) is 16.9 Å². The Balaban J connectivity index is 2.07. The first kappa shape index (κ1) is 20.4. The standard InChI is InChI=1S/C17H17N5O7S/c23-7-11-16(25,26)17(30,22(27)28)15(29-11,6-10-4-2-1-3-5-10)21-9-20-12-13(21)18-8-19-14(12)24/h1-5,8-9,11,23,25-26,30H,6-7H2,(H,18,19,24)/t11-,15-,17+/m1/s1. The second-order valence-corrected chi connectivity index (χ2v) is 7.56. The molecule has 12 nitrogen and oxygen atoms in total. The van der Waals surface area contributed by atoms with Crippen LogP contribution in [0.25, 0.3) is 11.2 Å². The maximum atomic E-state index is 12.2. The zero-order chi connectivity index (χ0) is 21.7. The molecule has 0 unspecified atom stereocenters. The number of fused-ring (bicyclic) bond motifs is 1. The average Bonchev–Trinajstić information content (AvgIpc) is 3.22. The van der Waals surface area contributed by atoms with Crippen molar-refractivity contribution in [3.8, 4) is 0 Å². The number of aromatic nitrogens is 4. The van der Waals surface area contributed by atoms with Gasteiger partial charge < -0.3 is 25.0 Å². The quantitative estimate of drug-likeness (QED) is 0.145. The third kappa shape index (κ3) is 2.53. The summed E-state index contributed by atoms with van der Waals surface area (Å²) >= 11 is 4.12. The van der Waals surface area contributed by atoms with E-state index in [2.05, 4.69) is 27.6 Å². The van der Waals surface area contributed by atoms with Crippen LogP contribution in [0.3, 0.4) is 0 Å². The number of hydrogen-bond donors (Lipinski definition) is 5. The molecule has 2 aromatic heterocycles. The molecule has 0 aliphatic carbocycles. The van der Waals surface area contributed by atoms with Crippen molar-refractivity contribution < 1.29 is 25.0 Å². The molecule has 3 atom stereocenters. The molecule has 0 amide bonds. The normalized spacial score (nSPS) is 28.1. The number of aromatic amines is 1. The van der Waals surface area contributed by atoms with Crippen molar-refractivity contribution in [1.29, 1.82) is 0 Å². The fourth-order valence-electron chi connectivity index (χ4n) is 3.81. The summed E-state index contributed by atoms with van der Waals surface area (Å²) in [6, 6.07) is 8.42. The van der Waals surface area contributed by atoms with Crippen molar-refractivity contribution in [3.05, 3.63) is 69.0 Å². The summed E-state index contributed by atoms with van der Waals surface area (Å²) in [7, 11) is 0. The molecule has 3 aromatic rings. The van der Waals surface area contributed by atoms with E-state index >= 15 is 0 Å². The van der Waals surface area contributed by atoms with E-state index in [9.17, 15) is 30.2 Å². The minimum absolute atomic E-state index is 0.0932. The summed E-state index contributed by atoms with van der Waals surface area (Å²) in [4.78, 5) is 30.8. The van der Waals surface area contributed by atoms with Gasteiger partial charge in [-0.2, -0.15) is 0 Å². The van der Waals surface area contributed by atoms with E-state index in [0.717, 1.165) is 17.2 Å². The van der Waals surface area contributed by atoms with Crippen LogP contribution in [-0.4, -0.2) is 63.1 Å². The third-order valence-corrected chi connectivity index (χ3v) is 6.13. The van der Waals surface area contributed by atoms with E-state index in [1.165, 1.54) is 0 Å². The van der Waals surface area contributed by atoms with Crippen molar-refractivity contribution in [3.63, 3.8) is 0 Å². The van der Waals surface area contributed by atoms with Crippen molar-refractivity contribution in [1.82, 2.24) is 19.5 Å². The molecule has 3 heterocycles. The smallest absolute Gasteiger partial charge is 0.367 e. The summed E-state index contributed by atoms with van der Waals surface area (Å²) in [5, 5.41) is 43.3. The van der Waals surface area contributed by atoms with Gasteiger partial charge in [0.05, 0.1) is 19.3 Å². The zero-order valence-electron chi connectivity index (χ0n) is 15.2. The first-order valence-corrected chi connectivity index (χ1v) is 9.19. The molecule has 4 N–H and O–H groups in total. The first-order valence-electron chi connectivity index (χ1n) is 8.74. The number of aliphatic hydroxyl groups excluding tert-OH is 1. The predicted molar refractivity (Wildman–Crippen MR) is 104 cm³/mol. The maximum absolute atomic E-state index is 12.2. The van der Waals surface area contributed by atoms with Gasteiger partial charge in [-0.25, -0.2) is 9.97 Å². The van der Waals surface area contributed by atoms with E-state index in [1.807, 2.05) is 0 Å². The molecule has 1 fully saturated rings. The number of nitrogens with one attached hydrogen (secondary N) is 1. The maximum Gasteiger partial charge on any atom is 0.367 e. The van der Waals surface area contributed by atoms with E-state index in [1.54, 1.807) is 30.3 Å². The predicted octanol–water partition coefficient (Wildman–Crippen LogP) is -1.01. The van der Waals surface area contributed by atoms with Crippen LogP contribution < -0.4 is 5.56 Å². The number of imidazole rings is 1. The molecule has 1 aliphatic heterocycles. The molecule has 0 radical (unpaired) electrons. The molecule has 1 aromatic carbocycles. The number of rotatable bonds is 5. The lowest BCUT2D eigenvalue weighted by Crippen LogP contribution is -2.66. The number of benzene rings is 1. The molecule has 1 saturated heterocycles. The number of ether oxygens (including phenoxy) is 1. The average molecular weight is 435 g/mol. The molecule has 0 saturated carbocycles. The molecule has 158 valence electrons. The topological polar surface area (TPSA) is 177 Å². The van der Waals surface area contributed by atoms with Crippen molar-refractivity contribution >= 4 is 23.8 Å². The summed E-state index contributed by atoms with van der Waals surface area (Å²) in [6.45, 7) is -0.944. The highest BCUT2D eigenvalue weighted by Crippen LogP contribution is 2.54. The van der Waals surface area contributed by atoms with Gasteiger partial charge in [0.15, 0.2) is 11.2 Å². The van der Waals surface area contributed by atoms with Gasteiger partial charge in [-0.05, 0) is 5.56 Å². The Hall–Kier alpha value is -2.84. The lowest BCUT2D eigenvalue weighted by atomic mass is 9.89. The molecular weight excluding hydrogens is 418 g/mol. The second-order valence-electron chi connectivity index (χ2n) is 6.91. The largest absolute Gasteiger partial charge is 0.393 e. The first-order chi connectivity index (χ1) is 14.2. The van der Waals surface area contributed by atoms with Crippen LogP contribution in [0.2, 0.25) is 0 Å². The minimum Gasteiger partial charge on any atom is -0.393 e. The lowest BCUT2D eigenvalue weighted by molar-refractivity contribution is -0.593. The Labute approximate surface area is 173 Å². The van der Waals surface area contributed by atoms with Gasteiger partial charge in [-0.15, -0.1) is 0 Å². The van der Waals surface area contributed by atoms with Crippen LogP contribution in [0.5, 0.6) is 0 Å². The number of H-pyrrole nitrogens is 1. The molecule has 0 spiro atoms. The molecule has 30 heavy (non-hydrogen) atoms. The van der Waals surface area contributed by atoms with Gasteiger partial charge in [0.1, 0.15) is 6.10 Å². The second kappa shape index (κ2) is 6.85. The fraction of sp³-hybridized carbons (Fsp3) is 0.353. The molecule has 13 heteroatoms. The Bertz CT molecular complexity index is 1170. The highest BCUT2D eigenvalue weighted by molar-refractivity contribution is 7.81. The number of aliphatic hydroxyl groups is 3. The highest BCUT2D eigenvalue weighted by atomic mass is 32.1. The lowest BCUT2D eigenvalue weighted by Gasteiger charge is -2.38. The van der Waals surface area contributed by atoms with E-state index in [-0.39, 0.29) is 17.6 Å². The van der Waals surface area contributed by atoms with Crippen LogP contribution >= 0.6 is 12.6 Å². The van der Waals surface area contributed by atoms with Crippen LogP contribution in [0.15, 0.2) is 47.8 Å². The van der Waals surface area contributed by atoms with E-state index in [0.29, 0.717) is 5.56 Å².